The Bertz CT molecular complexity index is 536. The third-order valence-electron chi connectivity index (χ3n) is 2.16. The molecular weight excluding hydrogens is 222 g/mol. The van der Waals surface area contributed by atoms with Crippen molar-refractivity contribution in [2.24, 2.45) is 0 Å². The molecule has 0 unspecified atom stereocenters. The SMILES string of the molecule is COc1cc(C(=O)Nc2ncccc2C)on1. The molecule has 88 valence electrons. The largest absolute Gasteiger partial charge is 0.479 e. The number of anilines is 1. The summed E-state index contributed by atoms with van der Waals surface area (Å²) >= 11 is 0. The lowest BCUT2D eigenvalue weighted by Crippen LogP contribution is -2.12. The lowest BCUT2D eigenvalue weighted by molar-refractivity contribution is 0.0987. The van der Waals surface area contributed by atoms with E-state index in [0.29, 0.717) is 5.82 Å². The molecular formula is C11H11N3O3. The van der Waals surface area contributed by atoms with Crippen LogP contribution < -0.4 is 10.1 Å². The van der Waals surface area contributed by atoms with Gasteiger partial charge in [-0.2, -0.15) is 0 Å². The predicted molar refractivity (Wildman–Crippen MR) is 60.0 cm³/mol. The van der Waals surface area contributed by atoms with Crippen LogP contribution in [-0.2, 0) is 0 Å². The Balaban J connectivity index is 2.14. The normalized spacial score (nSPS) is 10.0. The van der Waals surface area contributed by atoms with Crippen molar-refractivity contribution in [1.82, 2.24) is 10.1 Å². The Morgan fingerprint density at radius 1 is 1.53 bits per heavy atom. The monoisotopic (exact) mass is 233 g/mol. The van der Waals surface area contributed by atoms with Crippen LogP contribution in [0, 0.1) is 6.92 Å². The van der Waals surface area contributed by atoms with E-state index >= 15 is 0 Å². The van der Waals surface area contributed by atoms with Crippen molar-refractivity contribution >= 4 is 11.7 Å². The number of rotatable bonds is 3. The zero-order valence-corrected chi connectivity index (χ0v) is 9.43. The van der Waals surface area contributed by atoms with Gasteiger partial charge in [0.1, 0.15) is 5.82 Å². The van der Waals surface area contributed by atoms with Crippen LogP contribution in [0.25, 0.3) is 0 Å². The smallest absolute Gasteiger partial charge is 0.295 e. The summed E-state index contributed by atoms with van der Waals surface area (Å²) in [7, 11) is 1.45. The fraction of sp³-hybridized carbons (Fsp3) is 0.182. The molecule has 17 heavy (non-hydrogen) atoms. The molecule has 0 radical (unpaired) electrons. The van der Waals surface area contributed by atoms with E-state index in [2.05, 4.69) is 15.5 Å². The standard InChI is InChI=1S/C11H11N3O3/c1-7-4-3-5-12-10(7)13-11(15)8-6-9(16-2)14-17-8/h3-6H,1-2H3,(H,12,13,15). The second-order valence-corrected chi connectivity index (χ2v) is 3.36. The minimum atomic E-state index is -0.414. The van der Waals surface area contributed by atoms with Crippen LogP contribution >= 0.6 is 0 Å². The third-order valence-corrected chi connectivity index (χ3v) is 2.16. The van der Waals surface area contributed by atoms with Gasteiger partial charge in [-0.1, -0.05) is 6.07 Å². The van der Waals surface area contributed by atoms with Gasteiger partial charge in [0.05, 0.1) is 13.2 Å². The zero-order valence-electron chi connectivity index (χ0n) is 9.43. The summed E-state index contributed by atoms with van der Waals surface area (Å²) < 4.78 is 9.63. The highest BCUT2D eigenvalue weighted by Crippen LogP contribution is 2.14. The van der Waals surface area contributed by atoms with Gasteiger partial charge < -0.3 is 14.6 Å². The molecule has 0 aliphatic rings. The topological polar surface area (TPSA) is 77.2 Å². The molecule has 1 amide bonds. The van der Waals surface area contributed by atoms with E-state index in [-0.39, 0.29) is 11.6 Å². The Morgan fingerprint density at radius 2 is 2.35 bits per heavy atom. The summed E-state index contributed by atoms with van der Waals surface area (Å²) in [4.78, 5) is 15.8. The second kappa shape index (κ2) is 4.65. The first-order valence-electron chi connectivity index (χ1n) is 4.94. The molecule has 6 heteroatoms. The van der Waals surface area contributed by atoms with Gasteiger partial charge >= 0.3 is 0 Å². The first-order valence-corrected chi connectivity index (χ1v) is 4.94. The van der Waals surface area contributed by atoms with Crippen LogP contribution in [0.4, 0.5) is 5.82 Å². The van der Waals surface area contributed by atoms with Gasteiger partial charge in [-0.15, -0.1) is 0 Å². The molecule has 0 saturated heterocycles. The highest BCUT2D eigenvalue weighted by molar-refractivity contribution is 6.02. The third kappa shape index (κ3) is 2.41. The molecule has 0 aliphatic heterocycles. The molecule has 6 nitrogen and oxygen atoms in total. The summed E-state index contributed by atoms with van der Waals surface area (Å²) in [6.45, 7) is 1.85. The van der Waals surface area contributed by atoms with Gasteiger partial charge in [-0.3, -0.25) is 4.79 Å². The van der Waals surface area contributed by atoms with E-state index in [1.165, 1.54) is 13.2 Å². The molecule has 0 saturated carbocycles. The highest BCUT2D eigenvalue weighted by atomic mass is 16.5. The number of nitrogens with zero attached hydrogens (tertiary/aromatic N) is 2. The van der Waals surface area contributed by atoms with Crippen LogP contribution in [0.2, 0.25) is 0 Å². The first-order chi connectivity index (χ1) is 8.20. The number of nitrogens with one attached hydrogen (secondary N) is 1. The Labute approximate surface area is 97.6 Å². The van der Waals surface area contributed by atoms with Crippen LogP contribution in [0.3, 0.4) is 0 Å². The molecule has 2 aromatic heterocycles. The van der Waals surface area contributed by atoms with Crippen LogP contribution in [-0.4, -0.2) is 23.2 Å². The summed E-state index contributed by atoms with van der Waals surface area (Å²) in [6.07, 6.45) is 1.60. The van der Waals surface area contributed by atoms with Gasteiger partial charge in [0.2, 0.25) is 5.76 Å². The van der Waals surface area contributed by atoms with Crippen LogP contribution in [0.15, 0.2) is 28.9 Å². The van der Waals surface area contributed by atoms with E-state index in [9.17, 15) is 4.79 Å². The van der Waals surface area contributed by atoms with Crippen molar-refractivity contribution in [3.63, 3.8) is 0 Å². The van der Waals surface area contributed by atoms with E-state index in [1.54, 1.807) is 12.3 Å². The van der Waals surface area contributed by atoms with E-state index in [1.807, 2.05) is 13.0 Å². The zero-order chi connectivity index (χ0) is 12.3. The maximum absolute atomic E-state index is 11.8. The molecule has 0 aliphatic carbocycles. The van der Waals surface area contributed by atoms with E-state index < -0.39 is 5.91 Å². The summed E-state index contributed by atoms with van der Waals surface area (Å²) in [5.74, 6) is 0.412. The van der Waals surface area contributed by atoms with E-state index in [0.717, 1.165) is 5.56 Å². The number of pyridine rings is 1. The lowest BCUT2D eigenvalue weighted by atomic mass is 10.3. The van der Waals surface area contributed by atoms with Gasteiger partial charge in [-0.05, 0) is 23.7 Å². The second-order valence-electron chi connectivity index (χ2n) is 3.36. The average Bonchev–Trinajstić information content (AvgIpc) is 2.81. The van der Waals surface area contributed by atoms with Crippen molar-refractivity contribution < 1.29 is 14.1 Å². The number of carbonyl (C=O) groups excluding carboxylic acids is 1. The molecule has 2 rings (SSSR count). The summed E-state index contributed by atoms with van der Waals surface area (Å²) in [6, 6.07) is 5.06. The van der Waals surface area contributed by atoms with Crippen molar-refractivity contribution in [2.45, 2.75) is 6.92 Å². The Kier molecular flexibility index (Phi) is 3.04. The van der Waals surface area contributed by atoms with Gasteiger partial charge in [0.25, 0.3) is 11.8 Å². The van der Waals surface area contributed by atoms with Crippen LogP contribution in [0.1, 0.15) is 16.1 Å². The number of ether oxygens (including phenoxy) is 1. The van der Waals surface area contributed by atoms with Crippen LogP contribution in [0.5, 0.6) is 5.88 Å². The molecule has 2 aromatic rings. The van der Waals surface area contributed by atoms with Gasteiger partial charge in [-0.25, -0.2) is 4.98 Å². The Morgan fingerprint density at radius 3 is 3.00 bits per heavy atom. The maximum atomic E-state index is 11.8. The number of methoxy groups -OCH3 is 1. The molecule has 0 atom stereocenters. The molecule has 2 heterocycles. The van der Waals surface area contributed by atoms with Gasteiger partial charge in [0, 0.05) is 6.20 Å². The molecule has 1 N–H and O–H groups in total. The first kappa shape index (κ1) is 11.1. The number of aryl methyl sites for hydroxylation is 1. The number of aromatic nitrogens is 2. The van der Waals surface area contributed by atoms with Crippen molar-refractivity contribution in [2.75, 3.05) is 12.4 Å². The highest BCUT2D eigenvalue weighted by Gasteiger charge is 2.14. The summed E-state index contributed by atoms with van der Waals surface area (Å²) in [5, 5.41) is 6.17. The quantitative estimate of drug-likeness (QED) is 0.871. The number of hydrogen-bond acceptors (Lipinski definition) is 5. The van der Waals surface area contributed by atoms with Crippen molar-refractivity contribution in [1.29, 1.82) is 0 Å². The minimum Gasteiger partial charge on any atom is -0.479 e. The number of hydrogen-bond donors (Lipinski definition) is 1. The average molecular weight is 233 g/mol. The fourth-order valence-corrected chi connectivity index (χ4v) is 1.25. The summed E-state index contributed by atoms with van der Waals surface area (Å²) in [5.41, 5.74) is 0.868. The molecule has 0 bridgehead atoms. The predicted octanol–water partition coefficient (Wildman–Crippen LogP) is 1.64. The molecule has 0 spiro atoms. The minimum absolute atomic E-state index is 0.0758. The maximum Gasteiger partial charge on any atom is 0.295 e. The van der Waals surface area contributed by atoms with Crippen molar-refractivity contribution in [3.05, 3.63) is 35.7 Å². The number of carbonyl (C=O) groups is 1. The Hall–Kier alpha value is -2.37. The lowest BCUT2D eigenvalue weighted by Gasteiger charge is -2.03. The fourth-order valence-electron chi connectivity index (χ4n) is 1.25. The molecule has 0 fully saturated rings. The molecule has 0 aromatic carbocycles. The van der Waals surface area contributed by atoms with Gasteiger partial charge in [0.15, 0.2) is 0 Å². The number of amides is 1. The van der Waals surface area contributed by atoms with Crippen molar-refractivity contribution in [3.8, 4) is 5.88 Å². The van der Waals surface area contributed by atoms with E-state index in [4.69, 9.17) is 9.26 Å².